The van der Waals surface area contributed by atoms with Crippen molar-refractivity contribution in [3.63, 3.8) is 0 Å². The zero-order valence-electron chi connectivity index (χ0n) is 8.88. The average molecular weight is 183 g/mol. The molecule has 1 rings (SSSR count). The predicted octanol–water partition coefficient (Wildman–Crippen LogP) is 2.44. The molecule has 0 bridgehead atoms. The lowest BCUT2D eigenvalue weighted by molar-refractivity contribution is -0.130. The molecule has 0 aromatic carbocycles. The summed E-state index contributed by atoms with van der Waals surface area (Å²) in [7, 11) is 1.93. The van der Waals surface area contributed by atoms with Gasteiger partial charge >= 0.3 is 0 Å². The maximum Gasteiger partial charge on any atom is 0.222 e. The molecule has 0 unspecified atom stereocenters. The van der Waals surface area contributed by atoms with Crippen molar-refractivity contribution in [2.75, 3.05) is 13.6 Å². The molecule has 2 heteroatoms. The van der Waals surface area contributed by atoms with Gasteiger partial charge in [-0.3, -0.25) is 4.79 Å². The van der Waals surface area contributed by atoms with Crippen molar-refractivity contribution >= 4 is 5.91 Å². The zero-order chi connectivity index (χ0) is 9.68. The van der Waals surface area contributed by atoms with Crippen molar-refractivity contribution in [1.82, 2.24) is 4.90 Å². The van der Waals surface area contributed by atoms with E-state index in [2.05, 4.69) is 0 Å². The normalized spacial score (nSPS) is 18.6. The van der Waals surface area contributed by atoms with Crippen LogP contribution in [0, 0.1) is 5.92 Å². The highest BCUT2D eigenvalue weighted by atomic mass is 16.2. The van der Waals surface area contributed by atoms with Crippen LogP contribution in [0.25, 0.3) is 0 Å². The van der Waals surface area contributed by atoms with E-state index in [1.165, 1.54) is 32.1 Å². The Bertz CT molecular complexity index is 161. The largest absolute Gasteiger partial charge is 0.345 e. The third kappa shape index (κ3) is 3.37. The van der Waals surface area contributed by atoms with Crippen LogP contribution < -0.4 is 0 Å². The third-order valence-electron chi connectivity index (χ3n) is 2.99. The topological polar surface area (TPSA) is 20.3 Å². The molecule has 0 saturated heterocycles. The van der Waals surface area contributed by atoms with E-state index < -0.39 is 0 Å². The highest BCUT2D eigenvalue weighted by molar-refractivity contribution is 5.75. The summed E-state index contributed by atoms with van der Waals surface area (Å²) in [4.78, 5) is 13.2. The summed E-state index contributed by atoms with van der Waals surface area (Å²) >= 11 is 0. The second-order valence-corrected chi connectivity index (χ2v) is 4.13. The predicted molar refractivity (Wildman–Crippen MR) is 54.5 cm³/mol. The Morgan fingerprint density at radius 1 is 1.31 bits per heavy atom. The summed E-state index contributed by atoms with van der Waals surface area (Å²) in [5, 5.41) is 0. The fraction of sp³-hybridized carbons (Fsp3) is 0.909. The molecule has 76 valence electrons. The van der Waals surface area contributed by atoms with Crippen molar-refractivity contribution in [2.45, 2.75) is 45.4 Å². The van der Waals surface area contributed by atoms with E-state index in [1.54, 1.807) is 0 Å². The smallest absolute Gasteiger partial charge is 0.222 e. The van der Waals surface area contributed by atoms with Gasteiger partial charge in [-0.05, 0) is 18.8 Å². The number of hydrogen-bond donors (Lipinski definition) is 0. The average Bonchev–Trinajstić information content (AvgIpc) is 2.18. The standard InChI is InChI=1S/C11H21NO/c1-3-11(13)12(2)9-10-7-5-4-6-8-10/h10H,3-9H2,1-2H3. The monoisotopic (exact) mass is 183 g/mol. The molecular weight excluding hydrogens is 162 g/mol. The van der Waals surface area contributed by atoms with E-state index >= 15 is 0 Å². The first kappa shape index (κ1) is 10.6. The van der Waals surface area contributed by atoms with Crippen LogP contribution in [0.2, 0.25) is 0 Å². The Labute approximate surface area is 81.3 Å². The fourth-order valence-corrected chi connectivity index (χ4v) is 2.13. The third-order valence-corrected chi connectivity index (χ3v) is 2.99. The van der Waals surface area contributed by atoms with Crippen LogP contribution in [0.15, 0.2) is 0 Å². The molecule has 1 amide bonds. The van der Waals surface area contributed by atoms with Gasteiger partial charge in [-0.2, -0.15) is 0 Å². The minimum atomic E-state index is 0.283. The van der Waals surface area contributed by atoms with Crippen LogP contribution in [-0.2, 0) is 4.79 Å². The van der Waals surface area contributed by atoms with Gasteiger partial charge in [-0.1, -0.05) is 26.2 Å². The van der Waals surface area contributed by atoms with Gasteiger partial charge in [0.1, 0.15) is 0 Å². The van der Waals surface area contributed by atoms with Gasteiger partial charge in [-0.15, -0.1) is 0 Å². The van der Waals surface area contributed by atoms with Crippen molar-refractivity contribution in [3.05, 3.63) is 0 Å². The molecule has 1 aliphatic rings. The Morgan fingerprint density at radius 3 is 2.46 bits per heavy atom. The van der Waals surface area contributed by atoms with Crippen LogP contribution in [-0.4, -0.2) is 24.4 Å². The first-order valence-corrected chi connectivity index (χ1v) is 5.48. The number of rotatable bonds is 3. The van der Waals surface area contributed by atoms with Crippen molar-refractivity contribution in [1.29, 1.82) is 0 Å². The molecule has 0 atom stereocenters. The van der Waals surface area contributed by atoms with Crippen LogP contribution in [0.1, 0.15) is 45.4 Å². The Balaban J connectivity index is 2.25. The highest BCUT2D eigenvalue weighted by Crippen LogP contribution is 2.24. The molecule has 0 N–H and O–H groups in total. The SMILES string of the molecule is CCC(=O)N(C)CC1CCCCC1. The Morgan fingerprint density at radius 2 is 1.92 bits per heavy atom. The lowest BCUT2D eigenvalue weighted by Crippen LogP contribution is -2.32. The molecule has 0 spiro atoms. The van der Waals surface area contributed by atoms with Crippen LogP contribution in [0.3, 0.4) is 0 Å². The van der Waals surface area contributed by atoms with Gasteiger partial charge in [0.2, 0.25) is 5.91 Å². The number of carbonyl (C=O) groups excluding carboxylic acids is 1. The molecule has 0 heterocycles. The molecule has 0 aromatic heterocycles. The molecular formula is C11H21NO. The van der Waals surface area contributed by atoms with Crippen molar-refractivity contribution < 1.29 is 4.79 Å². The molecule has 0 aliphatic heterocycles. The van der Waals surface area contributed by atoms with Crippen LogP contribution >= 0.6 is 0 Å². The highest BCUT2D eigenvalue weighted by Gasteiger charge is 2.16. The first-order valence-electron chi connectivity index (χ1n) is 5.48. The molecule has 1 aliphatic carbocycles. The zero-order valence-corrected chi connectivity index (χ0v) is 8.88. The molecule has 2 nitrogen and oxygen atoms in total. The second-order valence-electron chi connectivity index (χ2n) is 4.13. The summed E-state index contributed by atoms with van der Waals surface area (Å²) in [5.74, 6) is 1.06. The summed E-state index contributed by atoms with van der Waals surface area (Å²) in [5.41, 5.74) is 0. The molecule has 1 fully saturated rings. The quantitative estimate of drug-likeness (QED) is 0.658. The summed E-state index contributed by atoms with van der Waals surface area (Å²) in [6.07, 6.45) is 7.39. The first-order chi connectivity index (χ1) is 6.24. The van der Waals surface area contributed by atoms with Crippen LogP contribution in [0.5, 0.6) is 0 Å². The maximum atomic E-state index is 11.3. The minimum absolute atomic E-state index is 0.283. The van der Waals surface area contributed by atoms with Gasteiger partial charge in [0.05, 0.1) is 0 Å². The minimum Gasteiger partial charge on any atom is -0.345 e. The van der Waals surface area contributed by atoms with Gasteiger partial charge in [-0.25, -0.2) is 0 Å². The van der Waals surface area contributed by atoms with E-state index in [9.17, 15) is 4.79 Å². The van der Waals surface area contributed by atoms with E-state index in [4.69, 9.17) is 0 Å². The number of amides is 1. The van der Waals surface area contributed by atoms with Crippen LogP contribution in [0.4, 0.5) is 0 Å². The number of hydrogen-bond acceptors (Lipinski definition) is 1. The Kier molecular flexibility index (Phi) is 4.26. The molecule has 13 heavy (non-hydrogen) atoms. The second kappa shape index (κ2) is 5.25. The van der Waals surface area contributed by atoms with E-state index in [-0.39, 0.29) is 5.91 Å². The van der Waals surface area contributed by atoms with Crippen molar-refractivity contribution in [2.24, 2.45) is 5.92 Å². The number of carbonyl (C=O) groups is 1. The van der Waals surface area contributed by atoms with E-state index in [0.29, 0.717) is 6.42 Å². The summed E-state index contributed by atoms with van der Waals surface area (Å²) in [6.45, 7) is 2.91. The molecule has 0 radical (unpaired) electrons. The van der Waals surface area contributed by atoms with Crippen molar-refractivity contribution in [3.8, 4) is 0 Å². The van der Waals surface area contributed by atoms with Gasteiger partial charge in [0.15, 0.2) is 0 Å². The maximum absolute atomic E-state index is 11.3. The fourth-order valence-electron chi connectivity index (χ4n) is 2.13. The molecule has 0 aromatic rings. The van der Waals surface area contributed by atoms with Gasteiger partial charge < -0.3 is 4.90 Å². The lowest BCUT2D eigenvalue weighted by atomic mass is 9.89. The molecule has 1 saturated carbocycles. The number of nitrogens with zero attached hydrogens (tertiary/aromatic N) is 1. The lowest BCUT2D eigenvalue weighted by Gasteiger charge is -2.26. The van der Waals surface area contributed by atoms with Gasteiger partial charge in [0.25, 0.3) is 0 Å². The summed E-state index contributed by atoms with van der Waals surface area (Å²) in [6, 6.07) is 0. The summed E-state index contributed by atoms with van der Waals surface area (Å²) < 4.78 is 0. The van der Waals surface area contributed by atoms with E-state index in [0.717, 1.165) is 12.5 Å². The van der Waals surface area contributed by atoms with Gasteiger partial charge in [0, 0.05) is 20.0 Å². The van der Waals surface area contributed by atoms with E-state index in [1.807, 2.05) is 18.9 Å². The Hall–Kier alpha value is -0.530.